The number of esters is 1. The molecule has 0 saturated heterocycles. The smallest absolute Gasteiger partial charge is 0.331 e. The van der Waals surface area contributed by atoms with Gasteiger partial charge in [0, 0.05) is 6.08 Å². The van der Waals surface area contributed by atoms with Crippen LogP contribution in [-0.2, 0) is 9.53 Å². The number of allylic oxidation sites excluding steroid dienone is 1. The van der Waals surface area contributed by atoms with Gasteiger partial charge in [-0.3, -0.25) is 0 Å². The van der Waals surface area contributed by atoms with Gasteiger partial charge in [0.25, 0.3) is 0 Å². The third kappa shape index (κ3) is 2.93. The van der Waals surface area contributed by atoms with Gasteiger partial charge in [-0.05, 0) is 44.8 Å². The van der Waals surface area contributed by atoms with Crippen molar-refractivity contribution >= 4 is 5.97 Å². The van der Waals surface area contributed by atoms with Crippen LogP contribution >= 0.6 is 0 Å². The molecule has 3 nitrogen and oxygen atoms in total. The summed E-state index contributed by atoms with van der Waals surface area (Å²) in [6, 6.07) is 0. The van der Waals surface area contributed by atoms with E-state index in [9.17, 15) is 9.90 Å². The molecule has 0 radical (unpaired) electrons. The van der Waals surface area contributed by atoms with Crippen LogP contribution in [0.15, 0.2) is 22.8 Å². The van der Waals surface area contributed by atoms with E-state index in [2.05, 4.69) is 0 Å². The van der Waals surface area contributed by atoms with Crippen molar-refractivity contribution in [1.29, 1.82) is 0 Å². The summed E-state index contributed by atoms with van der Waals surface area (Å²) in [5.41, 5.74) is 2.98. The first kappa shape index (κ1) is 12.0. The van der Waals surface area contributed by atoms with Gasteiger partial charge in [-0.2, -0.15) is 0 Å². The van der Waals surface area contributed by atoms with Crippen molar-refractivity contribution < 1.29 is 14.6 Å². The lowest BCUT2D eigenvalue weighted by atomic mass is 10.0. The molecular weight excluding hydrogens is 192 g/mol. The molecule has 1 aliphatic carbocycles. The van der Waals surface area contributed by atoms with Crippen LogP contribution in [0.4, 0.5) is 0 Å². The van der Waals surface area contributed by atoms with Crippen molar-refractivity contribution in [2.75, 3.05) is 6.61 Å². The van der Waals surface area contributed by atoms with Gasteiger partial charge >= 0.3 is 5.97 Å². The molecule has 1 saturated carbocycles. The molecule has 0 unspecified atom stereocenters. The molecule has 3 heteroatoms. The van der Waals surface area contributed by atoms with E-state index >= 15 is 0 Å². The minimum Gasteiger partial charge on any atom is -0.463 e. The summed E-state index contributed by atoms with van der Waals surface area (Å²) in [6.45, 7) is 6.12. The van der Waals surface area contributed by atoms with Gasteiger partial charge < -0.3 is 9.84 Å². The Kier molecular flexibility index (Phi) is 4.09. The highest BCUT2D eigenvalue weighted by atomic mass is 16.5. The summed E-state index contributed by atoms with van der Waals surface area (Å²) in [4.78, 5) is 11.3. The molecule has 1 atom stereocenters. The number of hydrogen-bond donors (Lipinski definition) is 1. The number of carbonyl (C=O) groups is 1. The number of aliphatic hydroxyl groups excluding tert-OH is 1. The maximum Gasteiger partial charge on any atom is 0.331 e. The number of rotatable bonds is 2. The number of ether oxygens (including phenoxy) is 1. The quantitative estimate of drug-likeness (QED) is 0.560. The standard InChI is InChI=1S/C12H18O3/c1-4-15-12(14)7-10-9(8(2)3)5-6-11(10)13/h7,11,13H,4-6H2,1-3H3/b10-7-/t11-/m1/s1. The van der Waals surface area contributed by atoms with Crippen molar-refractivity contribution in [2.45, 2.75) is 39.7 Å². The summed E-state index contributed by atoms with van der Waals surface area (Å²) in [5, 5.41) is 9.72. The van der Waals surface area contributed by atoms with Crippen LogP contribution < -0.4 is 0 Å². The van der Waals surface area contributed by atoms with E-state index in [4.69, 9.17) is 4.74 Å². The van der Waals surface area contributed by atoms with Crippen LogP contribution in [0.25, 0.3) is 0 Å². The summed E-state index contributed by atoms with van der Waals surface area (Å²) in [5.74, 6) is -0.368. The normalized spacial score (nSPS) is 23.3. The Hall–Kier alpha value is -1.09. The van der Waals surface area contributed by atoms with Crippen molar-refractivity contribution in [3.63, 3.8) is 0 Å². The molecule has 0 aromatic carbocycles. The molecule has 0 bridgehead atoms. The van der Waals surface area contributed by atoms with Gasteiger partial charge in [0.2, 0.25) is 0 Å². The van der Waals surface area contributed by atoms with Crippen LogP contribution in [-0.4, -0.2) is 23.8 Å². The molecule has 0 aromatic heterocycles. The van der Waals surface area contributed by atoms with Crippen molar-refractivity contribution in [3.05, 3.63) is 22.8 Å². The first-order valence-corrected chi connectivity index (χ1v) is 5.29. The van der Waals surface area contributed by atoms with Crippen LogP contribution in [0.3, 0.4) is 0 Å². The van der Waals surface area contributed by atoms with Gasteiger partial charge in [-0.25, -0.2) is 4.79 Å². The monoisotopic (exact) mass is 210 g/mol. The number of aliphatic hydroxyl groups is 1. The second-order valence-corrected chi connectivity index (χ2v) is 3.88. The van der Waals surface area contributed by atoms with E-state index in [-0.39, 0.29) is 5.97 Å². The third-order valence-electron chi connectivity index (χ3n) is 2.54. The maximum atomic E-state index is 11.3. The van der Waals surface area contributed by atoms with Crippen molar-refractivity contribution in [3.8, 4) is 0 Å². The second-order valence-electron chi connectivity index (χ2n) is 3.88. The first-order chi connectivity index (χ1) is 7.06. The Balaban J connectivity index is 2.90. The largest absolute Gasteiger partial charge is 0.463 e. The highest BCUT2D eigenvalue weighted by molar-refractivity contribution is 5.84. The molecule has 0 spiro atoms. The van der Waals surface area contributed by atoms with Crippen LogP contribution in [0.2, 0.25) is 0 Å². The SMILES string of the molecule is CCOC(=O)/C=C1/C(=C(C)C)CC[C@H]1O. The molecule has 0 heterocycles. The molecule has 0 aliphatic heterocycles. The van der Waals surface area contributed by atoms with Crippen LogP contribution in [0.5, 0.6) is 0 Å². The second kappa shape index (κ2) is 5.12. The fraction of sp³-hybridized carbons (Fsp3) is 0.583. The Morgan fingerprint density at radius 1 is 1.60 bits per heavy atom. The molecule has 84 valence electrons. The minimum atomic E-state index is -0.515. The molecule has 1 fully saturated rings. The maximum absolute atomic E-state index is 11.3. The molecular formula is C12H18O3. The highest BCUT2D eigenvalue weighted by Crippen LogP contribution is 2.32. The lowest BCUT2D eigenvalue weighted by Crippen LogP contribution is -2.08. The number of hydrogen-bond acceptors (Lipinski definition) is 3. The summed E-state index contributed by atoms with van der Waals surface area (Å²) < 4.78 is 4.83. The predicted octanol–water partition coefficient (Wildman–Crippen LogP) is 1.97. The van der Waals surface area contributed by atoms with Crippen LogP contribution in [0, 0.1) is 0 Å². The zero-order valence-electron chi connectivity index (χ0n) is 9.54. The Labute approximate surface area is 90.4 Å². The highest BCUT2D eigenvalue weighted by Gasteiger charge is 2.25. The molecule has 0 amide bonds. The van der Waals surface area contributed by atoms with E-state index < -0.39 is 6.10 Å². The minimum absolute atomic E-state index is 0.364. The average molecular weight is 210 g/mol. The summed E-state index contributed by atoms with van der Waals surface area (Å²) in [6.07, 6.45) is 2.45. The first-order valence-electron chi connectivity index (χ1n) is 5.29. The Morgan fingerprint density at radius 3 is 2.80 bits per heavy atom. The van der Waals surface area contributed by atoms with Gasteiger partial charge in [0.15, 0.2) is 0 Å². The summed E-state index contributed by atoms with van der Waals surface area (Å²) >= 11 is 0. The molecule has 15 heavy (non-hydrogen) atoms. The zero-order chi connectivity index (χ0) is 11.4. The zero-order valence-corrected chi connectivity index (χ0v) is 9.54. The lowest BCUT2D eigenvalue weighted by Gasteiger charge is -2.07. The van der Waals surface area contributed by atoms with Gasteiger partial charge in [0.05, 0.1) is 12.7 Å². The topological polar surface area (TPSA) is 46.5 Å². The van der Waals surface area contributed by atoms with E-state index in [0.717, 1.165) is 23.1 Å². The van der Waals surface area contributed by atoms with Crippen molar-refractivity contribution in [1.82, 2.24) is 0 Å². The molecule has 1 N–H and O–H groups in total. The van der Waals surface area contributed by atoms with E-state index in [1.54, 1.807) is 6.92 Å². The predicted molar refractivity (Wildman–Crippen MR) is 58.3 cm³/mol. The molecule has 0 aromatic rings. The average Bonchev–Trinajstić information content (AvgIpc) is 2.48. The Morgan fingerprint density at radius 2 is 2.27 bits per heavy atom. The van der Waals surface area contributed by atoms with Gasteiger partial charge in [-0.15, -0.1) is 0 Å². The lowest BCUT2D eigenvalue weighted by molar-refractivity contribution is -0.137. The number of carbonyl (C=O) groups excluding carboxylic acids is 1. The van der Waals surface area contributed by atoms with E-state index in [1.807, 2.05) is 13.8 Å². The fourth-order valence-corrected chi connectivity index (χ4v) is 1.81. The summed E-state index contributed by atoms with van der Waals surface area (Å²) in [7, 11) is 0. The van der Waals surface area contributed by atoms with E-state index in [1.165, 1.54) is 6.08 Å². The van der Waals surface area contributed by atoms with Gasteiger partial charge in [0.1, 0.15) is 0 Å². The molecule has 1 rings (SSSR count). The third-order valence-corrected chi connectivity index (χ3v) is 2.54. The fourth-order valence-electron chi connectivity index (χ4n) is 1.81. The van der Waals surface area contributed by atoms with Gasteiger partial charge in [-0.1, -0.05) is 5.57 Å². The Bertz CT molecular complexity index is 309. The van der Waals surface area contributed by atoms with Crippen molar-refractivity contribution in [2.24, 2.45) is 0 Å². The van der Waals surface area contributed by atoms with Crippen LogP contribution in [0.1, 0.15) is 33.6 Å². The van der Waals surface area contributed by atoms with E-state index in [0.29, 0.717) is 13.0 Å². The molecule has 1 aliphatic rings.